The average Bonchev–Trinajstić information content (AvgIpc) is 3.11. The second kappa shape index (κ2) is 8.53. The Labute approximate surface area is 198 Å². The van der Waals surface area contributed by atoms with Gasteiger partial charge in [0.05, 0.1) is 16.1 Å². The standard InChI is InChI=1S/C26H24N2O5S/c1-15-12-17(3)24(13-16(15)2)34(31,32)28(26(30)20-8-10-27-11-9-20)21-6-7-23-22(14-21)25(18(4)29)19(5)33-23/h6-14H,1-5H3. The van der Waals surface area contributed by atoms with Crippen molar-refractivity contribution < 1.29 is 22.4 Å². The molecule has 0 fully saturated rings. The number of amides is 1. The first-order chi connectivity index (χ1) is 16.0. The summed E-state index contributed by atoms with van der Waals surface area (Å²) in [6.07, 6.45) is 2.85. The van der Waals surface area contributed by atoms with Crippen molar-refractivity contribution >= 4 is 38.4 Å². The number of aryl methyl sites for hydroxylation is 4. The minimum Gasteiger partial charge on any atom is -0.461 e. The van der Waals surface area contributed by atoms with Gasteiger partial charge in [-0.2, -0.15) is 4.31 Å². The van der Waals surface area contributed by atoms with Crippen molar-refractivity contribution in [2.75, 3.05) is 4.31 Å². The quantitative estimate of drug-likeness (QED) is 0.363. The second-order valence-electron chi connectivity index (χ2n) is 8.28. The maximum absolute atomic E-state index is 14.0. The normalized spacial score (nSPS) is 11.6. The third-order valence-electron chi connectivity index (χ3n) is 5.86. The SMILES string of the molecule is CC(=O)c1c(C)oc2ccc(N(C(=O)c3ccncc3)S(=O)(=O)c3cc(C)c(C)cc3C)cc12. The number of pyridine rings is 1. The zero-order chi connectivity index (χ0) is 24.8. The zero-order valence-corrected chi connectivity index (χ0v) is 20.4. The van der Waals surface area contributed by atoms with Crippen LogP contribution in [0.5, 0.6) is 0 Å². The lowest BCUT2D eigenvalue weighted by Crippen LogP contribution is -2.37. The van der Waals surface area contributed by atoms with Crippen LogP contribution in [0.25, 0.3) is 11.0 Å². The van der Waals surface area contributed by atoms with Gasteiger partial charge in [0, 0.05) is 23.3 Å². The molecule has 4 rings (SSSR count). The van der Waals surface area contributed by atoms with Crippen LogP contribution in [0.3, 0.4) is 0 Å². The van der Waals surface area contributed by atoms with Crippen molar-refractivity contribution in [3.8, 4) is 0 Å². The molecule has 1 amide bonds. The Kier molecular flexibility index (Phi) is 5.87. The van der Waals surface area contributed by atoms with Gasteiger partial charge in [-0.25, -0.2) is 8.42 Å². The van der Waals surface area contributed by atoms with Gasteiger partial charge in [-0.15, -0.1) is 0 Å². The highest BCUT2D eigenvalue weighted by atomic mass is 32.2. The van der Waals surface area contributed by atoms with Crippen LogP contribution >= 0.6 is 0 Å². The highest BCUT2D eigenvalue weighted by molar-refractivity contribution is 7.93. The molecular weight excluding hydrogens is 452 g/mol. The fraction of sp³-hybridized carbons (Fsp3) is 0.192. The number of ketones is 1. The third kappa shape index (κ3) is 3.90. The molecule has 0 aliphatic carbocycles. The molecule has 0 aliphatic rings. The van der Waals surface area contributed by atoms with Crippen molar-refractivity contribution in [3.63, 3.8) is 0 Å². The molecule has 0 aliphatic heterocycles. The molecule has 0 saturated carbocycles. The van der Waals surface area contributed by atoms with Gasteiger partial charge in [0.25, 0.3) is 15.9 Å². The Hall–Kier alpha value is -3.78. The number of Topliss-reactive ketones (excluding diaryl/α,β-unsaturated/α-hetero) is 1. The van der Waals surface area contributed by atoms with E-state index in [2.05, 4.69) is 4.98 Å². The number of nitrogens with zero attached hydrogens (tertiary/aromatic N) is 2. The first-order valence-electron chi connectivity index (χ1n) is 10.6. The fourth-order valence-corrected chi connectivity index (χ4v) is 5.76. The van der Waals surface area contributed by atoms with Crippen LogP contribution in [0.1, 0.15) is 50.1 Å². The van der Waals surface area contributed by atoms with E-state index in [1.165, 1.54) is 43.6 Å². The summed E-state index contributed by atoms with van der Waals surface area (Å²) >= 11 is 0. The third-order valence-corrected chi connectivity index (χ3v) is 7.71. The van der Waals surface area contributed by atoms with Gasteiger partial charge in [-0.3, -0.25) is 14.6 Å². The number of fused-ring (bicyclic) bond motifs is 1. The van der Waals surface area contributed by atoms with E-state index in [1.807, 2.05) is 13.8 Å². The maximum atomic E-state index is 14.0. The van der Waals surface area contributed by atoms with Gasteiger partial charge in [0.15, 0.2) is 5.78 Å². The van der Waals surface area contributed by atoms with Crippen molar-refractivity contribution in [2.24, 2.45) is 0 Å². The predicted octanol–water partition coefficient (Wildman–Crippen LogP) is 5.30. The van der Waals surface area contributed by atoms with Crippen molar-refractivity contribution in [1.29, 1.82) is 0 Å². The lowest BCUT2D eigenvalue weighted by molar-refractivity contribution is 0.1000. The highest BCUT2D eigenvalue weighted by Crippen LogP contribution is 2.34. The van der Waals surface area contributed by atoms with Crippen molar-refractivity contribution in [2.45, 2.75) is 39.5 Å². The molecule has 7 nitrogen and oxygen atoms in total. The van der Waals surface area contributed by atoms with Gasteiger partial charge in [-0.1, -0.05) is 6.07 Å². The van der Waals surface area contributed by atoms with E-state index in [4.69, 9.17) is 4.42 Å². The van der Waals surface area contributed by atoms with Gasteiger partial charge < -0.3 is 4.42 Å². The summed E-state index contributed by atoms with van der Waals surface area (Å²) in [6.45, 7) is 8.51. The van der Waals surface area contributed by atoms with Crippen LogP contribution in [0.2, 0.25) is 0 Å². The maximum Gasteiger partial charge on any atom is 0.272 e. The van der Waals surface area contributed by atoms with Gasteiger partial charge in [0.1, 0.15) is 11.3 Å². The Balaban J connectivity index is 2.00. The van der Waals surface area contributed by atoms with Gasteiger partial charge in [-0.05, 0) is 87.7 Å². The summed E-state index contributed by atoms with van der Waals surface area (Å²) < 4.78 is 34.4. The molecule has 0 radical (unpaired) electrons. The van der Waals surface area contributed by atoms with Crippen LogP contribution < -0.4 is 4.31 Å². The smallest absolute Gasteiger partial charge is 0.272 e. The minimum atomic E-state index is -4.32. The minimum absolute atomic E-state index is 0.0354. The molecule has 0 spiro atoms. The Morgan fingerprint density at radius 2 is 1.53 bits per heavy atom. The molecule has 0 N–H and O–H groups in total. The summed E-state index contributed by atoms with van der Waals surface area (Å²) in [5, 5.41) is 0.446. The molecular formula is C26H24N2O5S. The summed E-state index contributed by atoms with van der Waals surface area (Å²) in [7, 11) is -4.32. The molecule has 174 valence electrons. The number of aromatic nitrogens is 1. The molecule has 0 unspecified atom stereocenters. The molecule has 8 heteroatoms. The number of hydrogen-bond acceptors (Lipinski definition) is 6. The Bertz CT molecular complexity index is 1550. The van der Waals surface area contributed by atoms with Crippen LogP contribution in [0.4, 0.5) is 5.69 Å². The molecule has 2 aromatic heterocycles. The largest absolute Gasteiger partial charge is 0.461 e. The molecule has 0 atom stereocenters. The number of anilines is 1. The predicted molar refractivity (Wildman–Crippen MR) is 130 cm³/mol. The monoisotopic (exact) mass is 476 g/mol. The molecule has 0 saturated heterocycles. The summed E-state index contributed by atoms with van der Waals surface area (Å²) in [6, 6.07) is 10.9. The number of sulfonamides is 1. The van der Waals surface area contributed by atoms with E-state index in [9.17, 15) is 18.0 Å². The number of benzene rings is 2. The van der Waals surface area contributed by atoms with Crippen LogP contribution in [0, 0.1) is 27.7 Å². The molecule has 2 heterocycles. The molecule has 2 aromatic carbocycles. The van der Waals surface area contributed by atoms with E-state index in [0.29, 0.717) is 27.9 Å². The molecule has 34 heavy (non-hydrogen) atoms. The van der Waals surface area contributed by atoms with E-state index in [-0.39, 0.29) is 21.9 Å². The number of carbonyl (C=O) groups is 2. The summed E-state index contributed by atoms with van der Waals surface area (Å²) in [4.78, 5) is 29.8. The van der Waals surface area contributed by atoms with E-state index >= 15 is 0 Å². The van der Waals surface area contributed by atoms with Gasteiger partial charge in [0.2, 0.25) is 0 Å². The topological polar surface area (TPSA) is 97.6 Å². The Morgan fingerprint density at radius 1 is 0.882 bits per heavy atom. The number of carbonyl (C=O) groups excluding carboxylic acids is 2. The first-order valence-corrected chi connectivity index (χ1v) is 12.1. The van der Waals surface area contributed by atoms with Crippen molar-refractivity contribution in [1.82, 2.24) is 4.98 Å². The molecule has 4 aromatic rings. The molecule has 0 bridgehead atoms. The fourth-order valence-electron chi connectivity index (χ4n) is 4.06. The second-order valence-corrected chi connectivity index (χ2v) is 10.0. The lowest BCUT2D eigenvalue weighted by Gasteiger charge is -2.24. The van der Waals surface area contributed by atoms with E-state index < -0.39 is 15.9 Å². The van der Waals surface area contributed by atoms with Crippen molar-refractivity contribution in [3.05, 3.63) is 88.4 Å². The lowest BCUT2D eigenvalue weighted by atomic mass is 10.1. The summed E-state index contributed by atoms with van der Waals surface area (Å²) in [5.41, 5.74) is 3.33. The van der Waals surface area contributed by atoms with Crippen LogP contribution in [0.15, 0.2) is 64.2 Å². The van der Waals surface area contributed by atoms with Crippen LogP contribution in [-0.2, 0) is 10.0 Å². The summed E-state index contributed by atoms with van der Waals surface area (Å²) in [5.74, 6) is -0.517. The first kappa shape index (κ1) is 23.4. The number of furan rings is 1. The van der Waals surface area contributed by atoms with Crippen LogP contribution in [-0.4, -0.2) is 25.1 Å². The van der Waals surface area contributed by atoms with E-state index in [0.717, 1.165) is 15.4 Å². The number of hydrogen-bond donors (Lipinski definition) is 0. The van der Waals surface area contributed by atoms with Gasteiger partial charge >= 0.3 is 0 Å². The van der Waals surface area contributed by atoms with E-state index in [1.54, 1.807) is 32.0 Å². The highest BCUT2D eigenvalue weighted by Gasteiger charge is 2.34. The Morgan fingerprint density at radius 3 is 2.18 bits per heavy atom. The average molecular weight is 477 g/mol. The zero-order valence-electron chi connectivity index (χ0n) is 19.5. The number of rotatable bonds is 5.